The highest BCUT2D eigenvalue weighted by Crippen LogP contribution is 2.66. The summed E-state index contributed by atoms with van der Waals surface area (Å²) < 4.78 is 0. The van der Waals surface area contributed by atoms with Crippen molar-refractivity contribution in [3.8, 4) is 5.75 Å². The van der Waals surface area contributed by atoms with Crippen LogP contribution >= 0.6 is 0 Å². The molecule has 5 rings (SSSR count). The van der Waals surface area contributed by atoms with Gasteiger partial charge in [0, 0.05) is 0 Å². The fourth-order valence-corrected chi connectivity index (χ4v) is 7.67. The Kier molecular flexibility index (Phi) is 4.55. The summed E-state index contributed by atoms with van der Waals surface area (Å²) in [5.41, 5.74) is 4.43. The Balaban J connectivity index is 1.67. The van der Waals surface area contributed by atoms with Crippen molar-refractivity contribution < 1.29 is 10.2 Å². The van der Waals surface area contributed by atoms with Gasteiger partial charge in [-0.2, -0.15) is 0 Å². The lowest BCUT2D eigenvalue weighted by Crippen LogP contribution is -2.46. The van der Waals surface area contributed by atoms with Gasteiger partial charge in [-0.1, -0.05) is 57.2 Å². The molecule has 3 aliphatic carbocycles. The number of aliphatic hydroxyl groups excluding tert-OH is 1. The first-order chi connectivity index (χ1) is 13.9. The molecule has 2 aromatic carbocycles. The van der Waals surface area contributed by atoms with Crippen molar-refractivity contribution in [1.82, 2.24) is 0 Å². The van der Waals surface area contributed by atoms with Crippen molar-refractivity contribution in [1.29, 1.82) is 0 Å². The molecule has 0 unspecified atom stereocenters. The van der Waals surface area contributed by atoms with E-state index in [1.54, 1.807) is 0 Å². The van der Waals surface area contributed by atoms with Crippen LogP contribution in [0.15, 0.2) is 48.5 Å². The first-order valence-electron chi connectivity index (χ1n) is 11.4. The standard InChI is InChI=1S/C27H34O2/c1-16(2)24-23(29)15-27(3)12-11-21-20-10-9-19(28)13-18(20)14-22(25(21)26(24)27)17-7-5-4-6-8-17/h4-10,13,16,21-26,28-29H,11-12,14-15H2,1-3H3/t21-,22+,23+,24+,25+,26+,27-/m1/s1. The molecule has 2 nitrogen and oxygen atoms in total. The van der Waals surface area contributed by atoms with Gasteiger partial charge in [0.05, 0.1) is 6.10 Å². The molecule has 0 saturated heterocycles. The Morgan fingerprint density at radius 3 is 2.52 bits per heavy atom. The summed E-state index contributed by atoms with van der Waals surface area (Å²) in [7, 11) is 0. The Morgan fingerprint density at radius 2 is 1.79 bits per heavy atom. The zero-order valence-corrected chi connectivity index (χ0v) is 17.9. The van der Waals surface area contributed by atoms with E-state index in [4.69, 9.17) is 0 Å². The molecule has 2 aromatic rings. The van der Waals surface area contributed by atoms with Gasteiger partial charge in [0.15, 0.2) is 0 Å². The Hall–Kier alpha value is -1.80. The number of hydrogen-bond donors (Lipinski definition) is 2. The van der Waals surface area contributed by atoms with Gasteiger partial charge in [-0.25, -0.2) is 0 Å². The predicted octanol–water partition coefficient (Wildman–Crippen LogP) is 5.89. The third kappa shape index (κ3) is 2.94. The highest BCUT2D eigenvalue weighted by molar-refractivity contribution is 5.43. The van der Waals surface area contributed by atoms with Crippen LogP contribution in [0.2, 0.25) is 0 Å². The fourth-order valence-electron chi connectivity index (χ4n) is 7.67. The first kappa shape index (κ1) is 19.2. The van der Waals surface area contributed by atoms with E-state index in [-0.39, 0.29) is 11.5 Å². The third-order valence-electron chi connectivity index (χ3n) is 8.67. The van der Waals surface area contributed by atoms with Crippen LogP contribution in [0.5, 0.6) is 5.75 Å². The quantitative estimate of drug-likeness (QED) is 0.672. The number of phenolic OH excluding ortho intramolecular Hbond substituents is 1. The minimum Gasteiger partial charge on any atom is -0.508 e. The van der Waals surface area contributed by atoms with Gasteiger partial charge in [0.25, 0.3) is 0 Å². The fraction of sp³-hybridized carbons (Fsp3) is 0.556. The van der Waals surface area contributed by atoms with E-state index in [0.717, 1.165) is 12.8 Å². The minimum atomic E-state index is -0.179. The molecule has 7 atom stereocenters. The number of rotatable bonds is 2. The molecule has 0 amide bonds. The van der Waals surface area contributed by atoms with Crippen LogP contribution in [0.1, 0.15) is 68.6 Å². The number of aromatic hydroxyl groups is 1. The zero-order chi connectivity index (χ0) is 20.3. The molecular weight excluding hydrogens is 356 g/mol. The molecule has 2 saturated carbocycles. The molecule has 2 fully saturated rings. The predicted molar refractivity (Wildman–Crippen MR) is 117 cm³/mol. The number of hydrogen-bond acceptors (Lipinski definition) is 2. The van der Waals surface area contributed by atoms with Gasteiger partial charge >= 0.3 is 0 Å². The topological polar surface area (TPSA) is 40.5 Å². The van der Waals surface area contributed by atoms with Crippen molar-refractivity contribution in [2.75, 3.05) is 0 Å². The maximum absolute atomic E-state index is 11.1. The van der Waals surface area contributed by atoms with E-state index in [1.807, 2.05) is 12.1 Å². The lowest BCUT2D eigenvalue weighted by atomic mass is 9.50. The first-order valence-corrected chi connectivity index (χ1v) is 11.4. The molecule has 3 aliphatic rings. The summed E-state index contributed by atoms with van der Waals surface area (Å²) in [6.07, 6.45) is 4.15. The monoisotopic (exact) mass is 390 g/mol. The van der Waals surface area contributed by atoms with Crippen LogP contribution < -0.4 is 0 Å². The Morgan fingerprint density at radius 1 is 1.03 bits per heavy atom. The van der Waals surface area contributed by atoms with Crippen molar-refractivity contribution in [3.05, 3.63) is 65.2 Å². The largest absolute Gasteiger partial charge is 0.508 e. The average Bonchev–Trinajstić information content (AvgIpc) is 2.97. The summed E-state index contributed by atoms with van der Waals surface area (Å²) in [6.45, 7) is 7.05. The lowest BCUT2D eigenvalue weighted by molar-refractivity contribution is 0.00210. The number of benzene rings is 2. The third-order valence-corrected chi connectivity index (χ3v) is 8.67. The molecule has 2 N–H and O–H groups in total. The molecular formula is C27H34O2. The second kappa shape index (κ2) is 6.87. The number of phenols is 1. The highest BCUT2D eigenvalue weighted by Gasteiger charge is 2.60. The number of fused-ring (bicyclic) bond motifs is 5. The summed E-state index contributed by atoms with van der Waals surface area (Å²) in [5.74, 6) is 3.32. The summed E-state index contributed by atoms with van der Waals surface area (Å²) in [6, 6.07) is 17.1. The zero-order valence-electron chi connectivity index (χ0n) is 17.9. The number of aliphatic hydroxyl groups is 1. The Labute approximate surface area is 175 Å². The van der Waals surface area contributed by atoms with Gasteiger partial charge in [-0.15, -0.1) is 0 Å². The minimum absolute atomic E-state index is 0.179. The van der Waals surface area contributed by atoms with E-state index in [0.29, 0.717) is 41.3 Å². The van der Waals surface area contributed by atoms with E-state index < -0.39 is 0 Å². The maximum atomic E-state index is 11.1. The van der Waals surface area contributed by atoms with Crippen LogP contribution in [0.4, 0.5) is 0 Å². The molecule has 29 heavy (non-hydrogen) atoms. The smallest absolute Gasteiger partial charge is 0.115 e. The van der Waals surface area contributed by atoms with E-state index in [1.165, 1.54) is 29.5 Å². The molecule has 2 heteroatoms. The summed E-state index contributed by atoms with van der Waals surface area (Å²) in [5, 5.41) is 21.2. The molecule has 154 valence electrons. The van der Waals surface area contributed by atoms with Gasteiger partial charge < -0.3 is 10.2 Å². The molecule has 0 spiro atoms. The van der Waals surface area contributed by atoms with E-state index in [2.05, 4.69) is 57.2 Å². The molecule has 0 aromatic heterocycles. The molecule has 0 aliphatic heterocycles. The van der Waals surface area contributed by atoms with Crippen LogP contribution in [0, 0.1) is 29.1 Å². The van der Waals surface area contributed by atoms with Gasteiger partial charge in [-0.05, 0) is 95.4 Å². The highest BCUT2D eigenvalue weighted by atomic mass is 16.3. The van der Waals surface area contributed by atoms with Crippen molar-refractivity contribution >= 4 is 0 Å². The molecule has 0 radical (unpaired) electrons. The average molecular weight is 391 g/mol. The van der Waals surface area contributed by atoms with Crippen molar-refractivity contribution in [2.24, 2.45) is 29.1 Å². The maximum Gasteiger partial charge on any atom is 0.115 e. The van der Waals surface area contributed by atoms with Crippen LogP contribution in [-0.4, -0.2) is 16.3 Å². The van der Waals surface area contributed by atoms with Crippen molar-refractivity contribution in [2.45, 2.75) is 64.4 Å². The van der Waals surface area contributed by atoms with Crippen molar-refractivity contribution in [3.63, 3.8) is 0 Å². The second-order valence-corrected chi connectivity index (χ2v) is 10.6. The normalized spacial score (nSPS) is 38.4. The van der Waals surface area contributed by atoms with Gasteiger partial charge in [0.1, 0.15) is 5.75 Å². The molecule has 0 heterocycles. The van der Waals surface area contributed by atoms with E-state index >= 15 is 0 Å². The SMILES string of the molecule is CC(C)[C@@H]1[C@H]2[C@H]3[C@H](CC[C@]2(C)C[C@@H]1O)c1ccc(O)cc1C[C@H]3c1ccccc1. The summed E-state index contributed by atoms with van der Waals surface area (Å²) in [4.78, 5) is 0. The van der Waals surface area contributed by atoms with E-state index in [9.17, 15) is 10.2 Å². The van der Waals surface area contributed by atoms with Crippen LogP contribution in [0.25, 0.3) is 0 Å². The Bertz CT molecular complexity index is 889. The van der Waals surface area contributed by atoms with Crippen LogP contribution in [-0.2, 0) is 6.42 Å². The van der Waals surface area contributed by atoms with Gasteiger partial charge in [-0.3, -0.25) is 0 Å². The lowest BCUT2D eigenvalue weighted by Gasteiger charge is -2.54. The molecule has 0 bridgehead atoms. The summed E-state index contributed by atoms with van der Waals surface area (Å²) >= 11 is 0. The second-order valence-electron chi connectivity index (χ2n) is 10.6. The van der Waals surface area contributed by atoms with Gasteiger partial charge in [0.2, 0.25) is 0 Å². The van der Waals surface area contributed by atoms with Crippen LogP contribution in [0.3, 0.4) is 0 Å².